The van der Waals surface area contributed by atoms with E-state index in [0.29, 0.717) is 18.8 Å². The first kappa shape index (κ1) is 16.2. The first-order chi connectivity index (χ1) is 9.88. The van der Waals surface area contributed by atoms with Gasteiger partial charge in [0, 0.05) is 25.9 Å². The average molecular weight is 481 g/mol. The number of benzene rings is 2. The van der Waals surface area contributed by atoms with Crippen LogP contribution < -0.4 is 5.32 Å². The van der Waals surface area contributed by atoms with Crippen molar-refractivity contribution in [2.24, 2.45) is 0 Å². The summed E-state index contributed by atoms with van der Waals surface area (Å²) in [5.74, 6) is -0.419. The van der Waals surface area contributed by atoms with E-state index in [0.717, 1.165) is 0 Å². The molecule has 0 radical (unpaired) electrons. The van der Waals surface area contributed by atoms with E-state index in [-0.39, 0.29) is 11.3 Å². The van der Waals surface area contributed by atoms with Crippen molar-refractivity contribution in [2.75, 3.05) is 5.32 Å². The molecule has 0 saturated heterocycles. The molecule has 0 aliphatic carbocycles. The normalized spacial score (nSPS) is 10.2. The molecular weight excluding hydrogens is 474 g/mol. The van der Waals surface area contributed by atoms with Crippen molar-refractivity contribution in [3.05, 3.63) is 65.1 Å². The summed E-state index contributed by atoms with van der Waals surface area (Å²) < 4.78 is 1.28. The van der Waals surface area contributed by atoms with Gasteiger partial charge in [-0.3, -0.25) is 14.9 Å². The molecule has 2 rings (SSSR count). The monoisotopic (exact) mass is 480 g/mol. The molecule has 1 amide bonds. The summed E-state index contributed by atoms with van der Waals surface area (Å²) in [6.45, 7) is 0. The standard InChI is InChI=1S/C13H7BrClIN2O3/c14-10-5-7(1-3-11(10)15)17-13(19)9-6-8(18(20)21)2-4-12(9)16/h1-6H,(H,17,19). The van der Waals surface area contributed by atoms with Crippen LogP contribution in [0.3, 0.4) is 0 Å². The Morgan fingerprint density at radius 2 is 2.00 bits per heavy atom. The van der Waals surface area contributed by atoms with Gasteiger partial charge in [-0.25, -0.2) is 0 Å². The minimum Gasteiger partial charge on any atom is -0.322 e. The Morgan fingerprint density at radius 1 is 1.29 bits per heavy atom. The SMILES string of the molecule is O=C(Nc1ccc(Cl)c(Br)c1)c1cc([N+](=O)[O-])ccc1I. The van der Waals surface area contributed by atoms with Gasteiger partial charge in [-0.05, 0) is 62.8 Å². The molecular formula is C13H7BrClIN2O3. The molecule has 21 heavy (non-hydrogen) atoms. The summed E-state index contributed by atoms with van der Waals surface area (Å²) >= 11 is 11.1. The number of carbonyl (C=O) groups is 1. The van der Waals surface area contributed by atoms with Gasteiger partial charge in [0.25, 0.3) is 11.6 Å². The molecule has 2 aromatic rings. The zero-order chi connectivity index (χ0) is 15.6. The molecule has 8 heteroatoms. The van der Waals surface area contributed by atoms with E-state index in [9.17, 15) is 14.9 Å². The molecule has 1 N–H and O–H groups in total. The summed E-state index contributed by atoms with van der Waals surface area (Å²) in [5, 5.41) is 14.0. The van der Waals surface area contributed by atoms with Gasteiger partial charge in [-0.2, -0.15) is 0 Å². The number of halogens is 3. The number of hydrogen-bond acceptors (Lipinski definition) is 3. The van der Waals surface area contributed by atoms with E-state index in [2.05, 4.69) is 21.2 Å². The van der Waals surface area contributed by atoms with Crippen LogP contribution in [0.2, 0.25) is 5.02 Å². The Morgan fingerprint density at radius 3 is 2.62 bits per heavy atom. The second-order valence-electron chi connectivity index (χ2n) is 4.00. The second kappa shape index (κ2) is 6.71. The molecule has 2 aromatic carbocycles. The van der Waals surface area contributed by atoms with Crippen molar-refractivity contribution in [1.29, 1.82) is 0 Å². The molecule has 0 bridgehead atoms. The van der Waals surface area contributed by atoms with Gasteiger partial charge in [0.1, 0.15) is 0 Å². The van der Waals surface area contributed by atoms with Gasteiger partial charge in [0.15, 0.2) is 0 Å². The van der Waals surface area contributed by atoms with Crippen LogP contribution in [0, 0.1) is 13.7 Å². The van der Waals surface area contributed by atoms with Gasteiger partial charge in [0.2, 0.25) is 0 Å². The van der Waals surface area contributed by atoms with Crippen LogP contribution in [-0.2, 0) is 0 Å². The number of rotatable bonds is 3. The number of carbonyl (C=O) groups excluding carboxylic acids is 1. The van der Waals surface area contributed by atoms with Crippen molar-refractivity contribution < 1.29 is 9.72 Å². The molecule has 0 heterocycles. The highest BCUT2D eigenvalue weighted by Crippen LogP contribution is 2.26. The van der Waals surface area contributed by atoms with Crippen LogP contribution >= 0.6 is 50.1 Å². The van der Waals surface area contributed by atoms with E-state index in [4.69, 9.17) is 11.6 Å². The van der Waals surface area contributed by atoms with Gasteiger partial charge in [-0.1, -0.05) is 11.6 Å². The highest BCUT2D eigenvalue weighted by atomic mass is 127. The summed E-state index contributed by atoms with van der Waals surface area (Å²) in [4.78, 5) is 22.5. The van der Waals surface area contributed by atoms with Crippen LogP contribution in [0.25, 0.3) is 0 Å². The molecule has 0 aliphatic rings. The molecule has 0 aromatic heterocycles. The molecule has 0 unspecified atom stereocenters. The summed E-state index contributed by atoms with van der Waals surface area (Å²) in [6.07, 6.45) is 0. The minimum absolute atomic E-state index is 0.127. The van der Waals surface area contributed by atoms with Crippen molar-refractivity contribution in [3.63, 3.8) is 0 Å². The van der Waals surface area contributed by atoms with Crippen molar-refractivity contribution in [1.82, 2.24) is 0 Å². The maximum absolute atomic E-state index is 12.2. The van der Waals surface area contributed by atoms with E-state index < -0.39 is 10.8 Å². The molecule has 5 nitrogen and oxygen atoms in total. The van der Waals surface area contributed by atoms with Crippen molar-refractivity contribution in [3.8, 4) is 0 Å². The number of nitro groups is 1. The van der Waals surface area contributed by atoms with E-state index in [1.165, 1.54) is 18.2 Å². The molecule has 0 fully saturated rings. The Bertz CT molecular complexity index is 739. The van der Waals surface area contributed by atoms with E-state index in [1.807, 2.05) is 22.6 Å². The van der Waals surface area contributed by atoms with Crippen LogP contribution in [-0.4, -0.2) is 10.8 Å². The summed E-state index contributed by atoms with van der Waals surface area (Å²) in [5.41, 5.74) is 0.660. The van der Waals surface area contributed by atoms with Gasteiger partial charge in [-0.15, -0.1) is 0 Å². The van der Waals surface area contributed by atoms with Gasteiger partial charge in [0.05, 0.1) is 15.5 Å². The van der Waals surface area contributed by atoms with E-state index in [1.54, 1.807) is 18.2 Å². The number of nitrogens with zero attached hydrogens (tertiary/aromatic N) is 1. The lowest BCUT2D eigenvalue weighted by molar-refractivity contribution is -0.384. The van der Waals surface area contributed by atoms with Crippen molar-refractivity contribution >= 4 is 67.4 Å². The molecule has 108 valence electrons. The molecule has 0 spiro atoms. The number of nitrogens with one attached hydrogen (secondary N) is 1. The third-order valence-electron chi connectivity index (χ3n) is 2.58. The maximum atomic E-state index is 12.2. The summed E-state index contributed by atoms with van der Waals surface area (Å²) in [7, 11) is 0. The van der Waals surface area contributed by atoms with Gasteiger partial charge < -0.3 is 5.32 Å². The van der Waals surface area contributed by atoms with Crippen LogP contribution in [0.5, 0.6) is 0 Å². The first-order valence-corrected chi connectivity index (χ1v) is 7.84. The van der Waals surface area contributed by atoms with Crippen molar-refractivity contribution in [2.45, 2.75) is 0 Å². The van der Waals surface area contributed by atoms with Crippen LogP contribution in [0.1, 0.15) is 10.4 Å². The largest absolute Gasteiger partial charge is 0.322 e. The fourth-order valence-electron chi connectivity index (χ4n) is 1.57. The fraction of sp³-hybridized carbons (Fsp3) is 0. The number of nitro benzene ring substituents is 1. The second-order valence-corrected chi connectivity index (χ2v) is 6.43. The predicted octanol–water partition coefficient (Wildman–Crippen LogP) is 4.87. The maximum Gasteiger partial charge on any atom is 0.270 e. The number of amides is 1. The molecule has 0 saturated carbocycles. The lowest BCUT2D eigenvalue weighted by Gasteiger charge is -2.08. The Hall–Kier alpha value is -1.19. The zero-order valence-electron chi connectivity index (χ0n) is 10.3. The topological polar surface area (TPSA) is 72.2 Å². The minimum atomic E-state index is -0.536. The highest BCUT2D eigenvalue weighted by molar-refractivity contribution is 14.1. The smallest absolute Gasteiger partial charge is 0.270 e. The Kier molecular flexibility index (Phi) is 5.17. The van der Waals surface area contributed by atoms with Gasteiger partial charge >= 0.3 is 0 Å². The first-order valence-electron chi connectivity index (χ1n) is 5.59. The zero-order valence-corrected chi connectivity index (χ0v) is 14.8. The number of non-ortho nitro benzene ring substituents is 1. The lowest BCUT2D eigenvalue weighted by Crippen LogP contribution is -2.13. The van der Waals surface area contributed by atoms with E-state index >= 15 is 0 Å². The Labute approximate surface area is 147 Å². The quantitative estimate of drug-likeness (QED) is 0.386. The molecule has 0 atom stereocenters. The number of anilines is 1. The van der Waals surface area contributed by atoms with Crippen LogP contribution in [0.4, 0.5) is 11.4 Å². The average Bonchev–Trinajstić information content (AvgIpc) is 2.43. The predicted molar refractivity (Wildman–Crippen MR) is 92.9 cm³/mol. The lowest BCUT2D eigenvalue weighted by atomic mass is 10.2. The molecule has 0 aliphatic heterocycles. The highest BCUT2D eigenvalue weighted by Gasteiger charge is 2.16. The third kappa shape index (κ3) is 3.92. The van der Waals surface area contributed by atoms with Crippen LogP contribution in [0.15, 0.2) is 40.9 Å². The summed E-state index contributed by atoms with van der Waals surface area (Å²) in [6, 6.07) is 9.09. The third-order valence-corrected chi connectivity index (χ3v) is 4.74. The number of hydrogen-bond donors (Lipinski definition) is 1. The Balaban J connectivity index is 2.29. The fourth-order valence-corrected chi connectivity index (χ4v) is 2.65.